The summed E-state index contributed by atoms with van der Waals surface area (Å²) in [6.45, 7) is 12.6. The fourth-order valence-electron chi connectivity index (χ4n) is 6.09. The lowest BCUT2D eigenvalue weighted by molar-refractivity contribution is 0.0790. The number of fused-ring (bicyclic) bond motifs is 1. The van der Waals surface area contributed by atoms with Crippen molar-refractivity contribution in [3.8, 4) is 0 Å². The normalized spacial score (nSPS) is 39.0. The fraction of sp³-hybridized carbons (Fsp3) is 0.895. The second-order valence-corrected chi connectivity index (χ2v) is 8.82. The maximum atomic E-state index is 9.83. The van der Waals surface area contributed by atoms with E-state index in [2.05, 4.69) is 34.6 Å². The maximum Gasteiger partial charge on any atom is 0.0496 e. The maximum absolute atomic E-state index is 9.83. The van der Waals surface area contributed by atoms with Crippen molar-refractivity contribution in [2.45, 2.75) is 73.1 Å². The zero-order chi connectivity index (χ0) is 14.8. The standard InChI is InChI=1S/C19H32O/c1-6-13(12-20)15-8-9-17(2,3)19-10-7-14(11-19)18(4,5)16(15)19/h13-14,20H,6-12H2,1-5H3/t13?,14-,19-/m0/s1. The first-order valence-corrected chi connectivity index (χ1v) is 8.65. The van der Waals surface area contributed by atoms with E-state index in [4.69, 9.17) is 0 Å². The van der Waals surface area contributed by atoms with Gasteiger partial charge >= 0.3 is 0 Å². The number of allylic oxidation sites excluding steroid dienone is 1. The van der Waals surface area contributed by atoms with E-state index in [0.29, 0.717) is 28.8 Å². The molecule has 0 aromatic heterocycles. The highest BCUT2D eigenvalue weighted by molar-refractivity contribution is 5.41. The predicted octanol–water partition coefficient (Wildman–Crippen LogP) is 4.95. The van der Waals surface area contributed by atoms with Gasteiger partial charge in [-0.2, -0.15) is 0 Å². The van der Waals surface area contributed by atoms with Crippen molar-refractivity contribution in [3.05, 3.63) is 11.1 Å². The van der Waals surface area contributed by atoms with Crippen molar-refractivity contribution in [1.82, 2.24) is 0 Å². The molecule has 0 radical (unpaired) electrons. The molecule has 1 spiro atoms. The minimum absolute atomic E-state index is 0.340. The Labute approximate surface area is 124 Å². The van der Waals surface area contributed by atoms with Crippen LogP contribution in [0.25, 0.3) is 0 Å². The van der Waals surface area contributed by atoms with Gasteiger partial charge in [-0.05, 0) is 60.7 Å². The molecule has 0 amide bonds. The molecule has 2 bridgehead atoms. The average molecular weight is 276 g/mol. The van der Waals surface area contributed by atoms with Gasteiger partial charge in [0.2, 0.25) is 0 Å². The molecule has 1 heteroatoms. The Balaban J connectivity index is 2.19. The summed E-state index contributed by atoms with van der Waals surface area (Å²) in [7, 11) is 0. The summed E-state index contributed by atoms with van der Waals surface area (Å²) < 4.78 is 0. The molecule has 0 heterocycles. The van der Waals surface area contributed by atoms with Crippen molar-refractivity contribution in [3.63, 3.8) is 0 Å². The van der Waals surface area contributed by atoms with Crippen LogP contribution in [0.4, 0.5) is 0 Å². The highest BCUT2D eigenvalue weighted by Gasteiger charge is 2.65. The molecule has 1 nitrogen and oxygen atoms in total. The summed E-state index contributed by atoms with van der Waals surface area (Å²) in [5, 5.41) is 9.83. The lowest BCUT2D eigenvalue weighted by Gasteiger charge is -2.53. The second-order valence-electron chi connectivity index (χ2n) is 8.82. The van der Waals surface area contributed by atoms with Crippen LogP contribution in [-0.4, -0.2) is 11.7 Å². The zero-order valence-corrected chi connectivity index (χ0v) is 14.1. The molecule has 3 aliphatic rings. The van der Waals surface area contributed by atoms with Crippen LogP contribution < -0.4 is 0 Å². The molecule has 0 aromatic carbocycles. The molecule has 0 saturated heterocycles. The van der Waals surface area contributed by atoms with Crippen LogP contribution in [-0.2, 0) is 0 Å². The fourth-order valence-corrected chi connectivity index (χ4v) is 6.09. The Morgan fingerprint density at radius 1 is 1.20 bits per heavy atom. The van der Waals surface area contributed by atoms with Gasteiger partial charge in [-0.1, -0.05) is 45.8 Å². The Hall–Kier alpha value is -0.300. The van der Waals surface area contributed by atoms with E-state index in [1.807, 2.05) is 0 Å². The predicted molar refractivity (Wildman–Crippen MR) is 84.5 cm³/mol. The van der Waals surface area contributed by atoms with Crippen LogP contribution >= 0.6 is 0 Å². The largest absolute Gasteiger partial charge is 0.396 e. The van der Waals surface area contributed by atoms with Gasteiger partial charge in [0.05, 0.1) is 0 Å². The minimum Gasteiger partial charge on any atom is -0.396 e. The number of aliphatic hydroxyl groups excluding tert-OH is 1. The van der Waals surface area contributed by atoms with Gasteiger partial charge in [0.1, 0.15) is 0 Å². The van der Waals surface area contributed by atoms with Crippen LogP contribution in [0.3, 0.4) is 0 Å². The Bertz CT molecular complexity index is 439. The van der Waals surface area contributed by atoms with Crippen LogP contribution in [0.5, 0.6) is 0 Å². The third-order valence-electron chi connectivity index (χ3n) is 7.50. The zero-order valence-electron chi connectivity index (χ0n) is 14.1. The van der Waals surface area contributed by atoms with Crippen molar-refractivity contribution in [2.24, 2.45) is 28.1 Å². The van der Waals surface area contributed by atoms with Crippen LogP contribution in [0.15, 0.2) is 11.1 Å². The number of hydrogen-bond donors (Lipinski definition) is 1. The topological polar surface area (TPSA) is 20.2 Å². The lowest BCUT2D eigenvalue weighted by Crippen LogP contribution is -2.44. The summed E-state index contributed by atoms with van der Waals surface area (Å²) in [5.41, 5.74) is 4.72. The second kappa shape index (κ2) is 4.35. The van der Waals surface area contributed by atoms with E-state index in [0.717, 1.165) is 12.3 Å². The Morgan fingerprint density at radius 2 is 1.90 bits per heavy atom. The number of aliphatic hydroxyl groups is 1. The van der Waals surface area contributed by atoms with E-state index < -0.39 is 0 Å². The van der Waals surface area contributed by atoms with E-state index >= 15 is 0 Å². The molecule has 3 atom stereocenters. The molecule has 3 aliphatic carbocycles. The summed E-state index contributed by atoms with van der Waals surface area (Å²) in [6, 6.07) is 0. The minimum atomic E-state index is 0.340. The van der Waals surface area contributed by atoms with Crippen LogP contribution in [0.2, 0.25) is 0 Å². The molecule has 114 valence electrons. The molecule has 0 aliphatic heterocycles. The van der Waals surface area contributed by atoms with Gasteiger partial charge in [-0.25, -0.2) is 0 Å². The molecule has 2 saturated carbocycles. The summed E-state index contributed by atoms with van der Waals surface area (Å²) >= 11 is 0. The van der Waals surface area contributed by atoms with Gasteiger partial charge in [-0.3, -0.25) is 0 Å². The van der Waals surface area contributed by atoms with Gasteiger partial charge in [0.15, 0.2) is 0 Å². The van der Waals surface area contributed by atoms with E-state index in [-0.39, 0.29) is 0 Å². The van der Waals surface area contributed by atoms with E-state index in [1.54, 1.807) is 11.1 Å². The molecule has 2 fully saturated rings. The number of rotatable bonds is 3. The monoisotopic (exact) mass is 276 g/mol. The van der Waals surface area contributed by atoms with Crippen molar-refractivity contribution in [1.29, 1.82) is 0 Å². The molecule has 0 aromatic rings. The van der Waals surface area contributed by atoms with E-state index in [1.165, 1.54) is 32.1 Å². The Morgan fingerprint density at radius 3 is 2.50 bits per heavy atom. The smallest absolute Gasteiger partial charge is 0.0496 e. The van der Waals surface area contributed by atoms with Gasteiger partial charge < -0.3 is 5.11 Å². The average Bonchev–Trinajstić information content (AvgIpc) is 2.90. The molecular weight excluding hydrogens is 244 g/mol. The molecule has 1 unspecified atom stereocenters. The quantitative estimate of drug-likeness (QED) is 0.723. The van der Waals surface area contributed by atoms with Crippen molar-refractivity contribution >= 4 is 0 Å². The summed E-state index contributed by atoms with van der Waals surface area (Å²) in [6.07, 6.45) is 7.85. The van der Waals surface area contributed by atoms with Crippen LogP contribution in [0.1, 0.15) is 73.1 Å². The molecular formula is C19H32O. The van der Waals surface area contributed by atoms with Gasteiger partial charge in [-0.15, -0.1) is 0 Å². The molecule has 1 N–H and O–H groups in total. The lowest BCUT2D eigenvalue weighted by atomic mass is 9.51. The summed E-state index contributed by atoms with van der Waals surface area (Å²) in [5.74, 6) is 1.29. The first-order chi connectivity index (χ1) is 9.30. The highest BCUT2D eigenvalue weighted by Crippen LogP contribution is 2.75. The van der Waals surface area contributed by atoms with Crippen LogP contribution in [0, 0.1) is 28.1 Å². The Kier molecular flexibility index (Phi) is 3.18. The van der Waals surface area contributed by atoms with Gasteiger partial charge in [0, 0.05) is 12.5 Å². The molecule has 20 heavy (non-hydrogen) atoms. The third kappa shape index (κ3) is 1.59. The summed E-state index contributed by atoms with van der Waals surface area (Å²) in [4.78, 5) is 0. The SMILES string of the molecule is CCC(CO)C1=C2C(C)(C)[C@H]3CC[C@@]2(C3)C(C)(C)CC1. The van der Waals surface area contributed by atoms with Gasteiger partial charge in [0.25, 0.3) is 0 Å². The first kappa shape index (κ1) is 14.6. The van der Waals surface area contributed by atoms with Crippen molar-refractivity contribution in [2.75, 3.05) is 6.61 Å². The van der Waals surface area contributed by atoms with Crippen molar-refractivity contribution < 1.29 is 5.11 Å². The van der Waals surface area contributed by atoms with E-state index in [9.17, 15) is 5.11 Å². The molecule has 3 rings (SSSR count). The number of hydrogen-bond acceptors (Lipinski definition) is 1. The first-order valence-electron chi connectivity index (χ1n) is 8.65. The highest BCUT2D eigenvalue weighted by atomic mass is 16.3. The third-order valence-corrected chi connectivity index (χ3v) is 7.50.